The van der Waals surface area contributed by atoms with Crippen LogP contribution >= 0.6 is 0 Å². The van der Waals surface area contributed by atoms with Gasteiger partial charge in [-0.2, -0.15) is 4.98 Å². The van der Waals surface area contributed by atoms with Crippen molar-refractivity contribution in [2.75, 3.05) is 7.05 Å². The van der Waals surface area contributed by atoms with Crippen LogP contribution in [-0.4, -0.2) is 42.9 Å². The molecule has 1 N–H and O–H groups in total. The number of benzene rings is 1. The molecule has 0 spiro atoms. The molecule has 3 rings (SSSR count). The smallest absolute Gasteiger partial charge is 0.317 e. The van der Waals surface area contributed by atoms with Gasteiger partial charge in [-0.1, -0.05) is 29.4 Å². The van der Waals surface area contributed by atoms with Gasteiger partial charge in [0.15, 0.2) is 5.82 Å². The summed E-state index contributed by atoms with van der Waals surface area (Å²) < 4.78 is 7.17. The standard InChI is InChI=1S/C18H23N7O2/c1-12(2)25-11-20-22-15(25)10-24(4)18(26)19-9-16-21-17(23-27-16)14-8-6-5-7-13(14)3/h5-8,11-12H,9-10H2,1-4H3,(H,19,26). The first-order chi connectivity index (χ1) is 13.0. The van der Waals surface area contributed by atoms with Gasteiger partial charge < -0.3 is 19.3 Å². The molecule has 9 nitrogen and oxygen atoms in total. The quantitative estimate of drug-likeness (QED) is 0.716. The lowest BCUT2D eigenvalue weighted by Gasteiger charge is -2.18. The number of aromatic nitrogens is 5. The van der Waals surface area contributed by atoms with Gasteiger partial charge in [0, 0.05) is 18.7 Å². The van der Waals surface area contributed by atoms with Crippen LogP contribution < -0.4 is 5.32 Å². The number of hydrogen-bond donors (Lipinski definition) is 1. The van der Waals surface area contributed by atoms with Crippen molar-refractivity contribution in [2.45, 2.75) is 39.9 Å². The van der Waals surface area contributed by atoms with Gasteiger partial charge in [-0.25, -0.2) is 4.79 Å². The summed E-state index contributed by atoms with van der Waals surface area (Å²) in [7, 11) is 1.70. The molecule has 0 fully saturated rings. The number of urea groups is 1. The van der Waals surface area contributed by atoms with E-state index in [1.54, 1.807) is 13.4 Å². The molecule has 9 heteroatoms. The summed E-state index contributed by atoms with van der Waals surface area (Å²) in [6, 6.07) is 7.76. The summed E-state index contributed by atoms with van der Waals surface area (Å²) >= 11 is 0. The van der Waals surface area contributed by atoms with Crippen molar-refractivity contribution in [3.63, 3.8) is 0 Å². The van der Waals surface area contributed by atoms with Gasteiger partial charge in [0.2, 0.25) is 11.7 Å². The fraction of sp³-hybridized carbons (Fsp3) is 0.389. The van der Waals surface area contributed by atoms with Gasteiger partial charge in [0.05, 0.1) is 13.1 Å². The van der Waals surface area contributed by atoms with Gasteiger partial charge >= 0.3 is 6.03 Å². The van der Waals surface area contributed by atoms with Crippen LogP contribution in [0.2, 0.25) is 0 Å². The van der Waals surface area contributed by atoms with Gasteiger partial charge in [-0.05, 0) is 26.3 Å². The summed E-state index contributed by atoms with van der Waals surface area (Å²) in [5.41, 5.74) is 1.96. The third-order valence-electron chi connectivity index (χ3n) is 4.17. The normalized spacial score (nSPS) is 11.0. The van der Waals surface area contributed by atoms with E-state index in [1.807, 2.05) is 49.6 Å². The Morgan fingerprint density at radius 3 is 2.85 bits per heavy atom. The van der Waals surface area contributed by atoms with Crippen molar-refractivity contribution >= 4 is 6.03 Å². The summed E-state index contributed by atoms with van der Waals surface area (Å²) in [5.74, 6) is 1.58. The van der Waals surface area contributed by atoms with Gasteiger partial charge in [0.25, 0.3) is 0 Å². The van der Waals surface area contributed by atoms with E-state index in [2.05, 4.69) is 25.7 Å². The van der Waals surface area contributed by atoms with Gasteiger partial charge in [-0.3, -0.25) is 0 Å². The molecule has 0 saturated carbocycles. The fourth-order valence-electron chi connectivity index (χ4n) is 2.64. The highest BCUT2D eigenvalue weighted by atomic mass is 16.5. The Bertz CT molecular complexity index is 916. The molecular formula is C18H23N7O2. The molecule has 2 amide bonds. The fourth-order valence-corrected chi connectivity index (χ4v) is 2.64. The molecule has 0 bridgehead atoms. The number of rotatable bonds is 6. The topological polar surface area (TPSA) is 102 Å². The minimum Gasteiger partial charge on any atom is -0.337 e. The van der Waals surface area contributed by atoms with E-state index in [0.29, 0.717) is 18.3 Å². The maximum atomic E-state index is 12.3. The van der Waals surface area contributed by atoms with Crippen LogP contribution in [0.5, 0.6) is 0 Å². The molecule has 142 valence electrons. The zero-order valence-electron chi connectivity index (χ0n) is 15.9. The second-order valence-corrected chi connectivity index (χ2v) is 6.59. The highest BCUT2D eigenvalue weighted by Crippen LogP contribution is 2.19. The Morgan fingerprint density at radius 2 is 2.11 bits per heavy atom. The van der Waals surface area contributed by atoms with Crippen molar-refractivity contribution in [1.29, 1.82) is 0 Å². The van der Waals surface area contributed by atoms with Crippen LogP contribution in [0.3, 0.4) is 0 Å². The van der Waals surface area contributed by atoms with Crippen LogP contribution in [0.25, 0.3) is 11.4 Å². The Labute approximate surface area is 157 Å². The predicted molar refractivity (Wildman–Crippen MR) is 98.6 cm³/mol. The second kappa shape index (κ2) is 7.98. The lowest BCUT2D eigenvalue weighted by Crippen LogP contribution is -2.37. The first-order valence-electron chi connectivity index (χ1n) is 8.71. The van der Waals surface area contributed by atoms with E-state index in [0.717, 1.165) is 17.0 Å². The van der Waals surface area contributed by atoms with E-state index < -0.39 is 0 Å². The molecule has 0 aliphatic carbocycles. The van der Waals surface area contributed by atoms with E-state index in [-0.39, 0.29) is 18.6 Å². The molecule has 2 aromatic heterocycles. The van der Waals surface area contributed by atoms with Crippen molar-refractivity contribution < 1.29 is 9.32 Å². The molecule has 0 aliphatic rings. The zero-order valence-corrected chi connectivity index (χ0v) is 15.9. The predicted octanol–water partition coefficient (Wildman–Crippen LogP) is 2.56. The number of hydrogen-bond acceptors (Lipinski definition) is 6. The van der Waals surface area contributed by atoms with Crippen molar-refractivity contribution in [3.8, 4) is 11.4 Å². The first-order valence-corrected chi connectivity index (χ1v) is 8.71. The minimum atomic E-state index is -0.260. The average Bonchev–Trinajstić information content (AvgIpc) is 3.29. The monoisotopic (exact) mass is 369 g/mol. The van der Waals surface area contributed by atoms with Crippen LogP contribution in [0, 0.1) is 6.92 Å². The van der Waals surface area contributed by atoms with Crippen molar-refractivity contribution in [3.05, 3.63) is 47.9 Å². The maximum absolute atomic E-state index is 12.3. The average molecular weight is 369 g/mol. The highest BCUT2D eigenvalue weighted by Gasteiger charge is 2.16. The molecule has 2 heterocycles. The Hall–Kier alpha value is -3.23. The van der Waals surface area contributed by atoms with E-state index in [4.69, 9.17) is 4.52 Å². The molecule has 0 radical (unpaired) electrons. The molecule has 0 aliphatic heterocycles. The Morgan fingerprint density at radius 1 is 1.33 bits per heavy atom. The van der Waals surface area contributed by atoms with E-state index >= 15 is 0 Å². The molecule has 1 aromatic carbocycles. The van der Waals surface area contributed by atoms with E-state index in [1.165, 1.54) is 4.90 Å². The summed E-state index contributed by atoms with van der Waals surface area (Å²) in [5, 5.41) is 14.7. The second-order valence-electron chi connectivity index (χ2n) is 6.59. The molecule has 27 heavy (non-hydrogen) atoms. The lowest BCUT2D eigenvalue weighted by molar-refractivity contribution is 0.202. The summed E-state index contributed by atoms with van der Waals surface area (Å²) in [6.45, 7) is 6.56. The minimum absolute atomic E-state index is 0.152. The number of carbonyl (C=O) groups is 1. The number of amides is 2. The van der Waals surface area contributed by atoms with Crippen molar-refractivity contribution in [1.82, 2.24) is 35.1 Å². The Balaban J connectivity index is 1.58. The maximum Gasteiger partial charge on any atom is 0.317 e. The SMILES string of the molecule is Cc1ccccc1-c1noc(CNC(=O)N(C)Cc2nncn2C(C)C)n1. The van der Waals surface area contributed by atoms with Crippen molar-refractivity contribution in [2.24, 2.45) is 0 Å². The third-order valence-corrected chi connectivity index (χ3v) is 4.17. The van der Waals surface area contributed by atoms with Gasteiger partial charge in [0.1, 0.15) is 6.33 Å². The zero-order chi connectivity index (χ0) is 19.4. The number of carbonyl (C=O) groups excluding carboxylic acids is 1. The summed E-state index contributed by atoms with van der Waals surface area (Å²) in [6.07, 6.45) is 1.66. The van der Waals surface area contributed by atoms with Crippen LogP contribution in [0.4, 0.5) is 4.79 Å². The summed E-state index contributed by atoms with van der Waals surface area (Å²) in [4.78, 5) is 18.2. The first kappa shape index (κ1) is 18.6. The lowest BCUT2D eigenvalue weighted by atomic mass is 10.1. The molecule has 0 atom stereocenters. The van der Waals surface area contributed by atoms with Gasteiger partial charge in [-0.15, -0.1) is 10.2 Å². The van der Waals surface area contributed by atoms with Crippen LogP contribution in [0.15, 0.2) is 35.1 Å². The van der Waals surface area contributed by atoms with Crippen LogP contribution in [0.1, 0.15) is 37.2 Å². The molecule has 3 aromatic rings. The number of aryl methyl sites for hydroxylation is 1. The largest absolute Gasteiger partial charge is 0.337 e. The molecule has 0 unspecified atom stereocenters. The molecular weight excluding hydrogens is 346 g/mol. The van der Waals surface area contributed by atoms with E-state index in [9.17, 15) is 4.79 Å². The Kier molecular flexibility index (Phi) is 5.49. The highest BCUT2D eigenvalue weighted by molar-refractivity contribution is 5.73. The molecule has 0 saturated heterocycles. The van der Waals surface area contributed by atoms with Crippen LogP contribution in [-0.2, 0) is 13.1 Å². The number of nitrogens with one attached hydrogen (secondary N) is 1. The third kappa shape index (κ3) is 4.30. The number of nitrogens with zero attached hydrogens (tertiary/aromatic N) is 6.